The highest BCUT2D eigenvalue weighted by Crippen LogP contribution is 2.28. The van der Waals surface area contributed by atoms with Gasteiger partial charge in [-0.05, 0) is 107 Å². The van der Waals surface area contributed by atoms with Crippen LogP contribution in [-0.2, 0) is 26.2 Å². The molecule has 232 valence electrons. The Hall–Kier alpha value is -3.50. The van der Waals surface area contributed by atoms with E-state index in [1.165, 1.54) is 16.7 Å². The summed E-state index contributed by atoms with van der Waals surface area (Å²) in [6, 6.07) is 20.0. The van der Waals surface area contributed by atoms with Gasteiger partial charge in [0.2, 0.25) is 11.8 Å². The highest BCUT2D eigenvalue weighted by molar-refractivity contribution is 7.98. The zero-order valence-electron chi connectivity index (χ0n) is 26.1. The van der Waals surface area contributed by atoms with Crippen LogP contribution >= 0.6 is 11.8 Å². The molecule has 1 N–H and O–H groups in total. The molecule has 0 aliphatic heterocycles. The van der Waals surface area contributed by atoms with Crippen molar-refractivity contribution in [3.63, 3.8) is 0 Å². The molecule has 0 saturated carbocycles. The Morgan fingerprint density at radius 3 is 2.12 bits per heavy atom. The Morgan fingerprint density at radius 1 is 0.953 bits per heavy atom. The lowest BCUT2D eigenvalue weighted by molar-refractivity contribution is -0.141. The van der Waals surface area contributed by atoms with E-state index in [1.807, 2.05) is 72.1 Å². The van der Waals surface area contributed by atoms with Gasteiger partial charge >= 0.3 is 0 Å². The van der Waals surface area contributed by atoms with Gasteiger partial charge in [0.15, 0.2) is 0 Å². The first-order valence-electron chi connectivity index (χ1n) is 14.4. The molecule has 1 atom stereocenters. The predicted molar refractivity (Wildman–Crippen MR) is 174 cm³/mol. The van der Waals surface area contributed by atoms with Crippen LogP contribution in [0.25, 0.3) is 0 Å². The Kier molecular flexibility index (Phi) is 11.7. The fourth-order valence-corrected chi connectivity index (χ4v) is 6.44. The Labute approximate surface area is 260 Å². The molecule has 0 aliphatic rings. The van der Waals surface area contributed by atoms with E-state index < -0.39 is 34.1 Å². The van der Waals surface area contributed by atoms with Crippen LogP contribution < -0.4 is 14.4 Å². The number of anilines is 1. The van der Waals surface area contributed by atoms with E-state index in [2.05, 4.69) is 5.32 Å². The average Bonchev–Trinajstić information content (AvgIpc) is 2.96. The molecule has 0 aliphatic carbocycles. The van der Waals surface area contributed by atoms with Crippen LogP contribution in [0.15, 0.2) is 82.6 Å². The number of nitrogens with zero attached hydrogens (tertiary/aromatic N) is 2. The van der Waals surface area contributed by atoms with Crippen LogP contribution in [0.2, 0.25) is 0 Å². The van der Waals surface area contributed by atoms with Crippen molar-refractivity contribution in [2.24, 2.45) is 0 Å². The van der Waals surface area contributed by atoms with Gasteiger partial charge in [0.25, 0.3) is 10.0 Å². The smallest absolute Gasteiger partial charge is 0.264 e. The largest absolute Gasteiger partial charge is 0.494 e. The van der Waals surface area contributed by atoms with Crippen molar-refractivity contribution in [3.05, 3.63) is 83.9 Å². The molecule has 0 bridgehead atoms. The SMILES string of the molecule is CCOc1ccc(N(CC(=O)N(Cc2ccccc2C)C(CC)C(=O)NC(C)(C)C)S(=O)(=O)c2ccc(SC)cc2)cc1. The van der Waals surface area contributed by atoms with Crippen molar-refractivity contribution in [2.45, 2.75) is 75.9 Å². The van der Waals surface area contributed by atoms with Crippen molar-refractivity contribution in [1.82, 2.24) is 10.2 Å². The van der Waals surface area contributed by atoms with E-state index in [0.29, 0.717) is 24.5 Å². The molecule has 0 radical (unpaired) electrons. The van der Waals surface area contributed by atoms with E-state index in [9.17, 15) is 18.0 Å². The molecule has 0 aromatic heterocycles. The summed E-state index contributed by atoms with van der Waals surface area (Å²) in [5.41, 5.74) is 1.65. The first-order valence-corrected chi connectivity index (χ1v) is 17.0. The summed E-state index contributed by atoms with van der Waals surface area (Å²) >= 11 is 1.51. The normalized spacial score (nSPS) is 12.3. The Bertz CT molecular complexity index is 1480. The number of sulfonamides is 1. The van der Waals surface area contributed by atoms with Gasteiger partial charge in [-0.2, -0.15) is 0 Å². The zero-order valence-corrected chi connectivity index (χ0v) is 27.7. The van der Waals surface area contributed by atoms with Crippen LogP contribution in [0.5, 0.6) is 5.75 Å². The maximum Gasteiger partial charge on any atom is 0.264 e. The minimum absolute atomic E-state index is 0.0648. The lowest BCUT2D eigenvalue weighted by Gasteiger charge is -2.35. The minimum atomic E-state index is -4.16. The number of ether oxygens (including phenoxy) is 1. The summed E-state index contributed by atoms with van der Waals surface area (Å²) in [4.78, 5) is 30.2. The van der Waals surface area contributed by atoms with E-state index >= 15 is 0 Å². The van der Waals surface area contributed by atoms with Crippen LogP contribution in [-0.4, -0.2) is 56.1 Å². The van der Waals surface area contributed by atoms with Crippen LogP contribution in [0.3, 0.4) is 0 Å². The molecule has 3 aromatic rings. The van der Waals surface area contributed by atoms with Crippen molar-refractivity contribution in [1.29, 1.82) is 0 Å². The second-order valence-electron chi connectivity index (χ2n) is 11.2. The van der Waals surface area contributed by atoms with Crippen LogP contribution in [0.4, 0.5) is 5.69 Å². The monoisotopic (exact) mass is 625 g/mol. The molecule has 0 spiro atoms. The van der Waals surface area contributed by atoms with Crippen molar-refractivity contribution in [2.75, 3.05) is 23.7 Å². The third kappa shape index (κ3) is 9.00. The quantitative estimate of drug-likeness (QED) is 0.233. The first-order chi connectivity index (χ1) is 20.3. The third-order valence-corrected chi connectivity index (χ3v) is 9.38. The summed E-state index contributed by atoms with van der Waals surface area (Å²) in [6.45, 7) is 11.4. The minimum Gasteiger partial charge on any atom is -0.494 e. The van der Waals surface area contributed by atoms with Gasteiger partial charge in [0.1, 0.15) is 18.3 Å². The molecule has 3 rings (SSSR count). The molecular formula is C33H43N3O5S2. The lowest BCUT2D eigenvalue weighted by atomic mass is 10.0. The molecular weight excluding hydrogens is 583 g/mol. The van der Waals surface area contributed by atoms with Crippen molar-refractivity contribution in [3.8, 4) is 5.75 Å². The summed E-state index contributed by atoms with van der Waals surface area (Å²) < 4.78 is 34.9. The number of carbonyl (C=O) groups excluding carboxylic acids is 2. The maximum absolute atomic E-state index is 14.3. The topological polar surface area (TPSA) is 96.0 Å². The molecule has 1 unspecified atom stereocenters. The summed E-state index contributed by atoms with van der Waals surface area (Å²) in [6.07, 6.45) is 2.27. The van der Waals surface area contributed by atoms with E-state index in [4.69, 9.17) is 4.74 Å². The molecule has 3 aromatic carbocycles. The second-order valence-corrected chi connectivity index (χ2v) is 14.0. The highest BCUT2D eigenvalue weighted by Gasteiger charge is 2.34. The van der Waals surface area contributed by atoms with Crippen molar-refractivity contribution < 1.29 is 22.7 Å². The Morgan fingerprint density at radius 2 is 1.58 bits per heavy atom. The first kappa shape index (κ1) is 34.0. The summed E-state index contributed by atoms with van der Waals surface area (Å²) in [5.74, 6) is -0.192. The standard InChI is InChI=1S/C33H43N3O5S2/c1-8-30(32(38)34-33(4,5)6)35(22-25-13-11-10-12-24(25)3)31(37)23-36(26-14-16-27(17-15-26)41-9-2)43(39,40)29-20-18-28(42-7)19-21-29/h10-21,30H,8-9,22-23H2,1-7H3,(H,34,38). The molecule has 0 fully saturated rings. The molecule has 0 saturated heterocycles. The number of aryl methyl sites for hydroxylation is 1. The van der Waals surface area contributed by atoms with Gasteiger partial charge < -0.3 is 15.0 Å². The number of hydrogen-bond donors (Lipinski definition) is 1. The number of benzene rings is 3. The van der Waals surface area contributed by atoms with Gasteiger partial charge in [-0.3, -0.25) is 13.9 Å². The number of amides is 2. The predicted octanol–water partition coefficient (Wildman–Crippen LogP) is 6.03. The molecule has 43 heavy (non-hydrogen) atoms. The molecule has 10 heteroatoms. The molecule has 0 heterocycles. The second kappa shape index (κ2) is 14.8. The van der Waals surface area contributed by atoms with E-state index in [-0.39, 0.29) is 17.3 Å². The van der Waals surface area contributed by atoms with Gasteiger partial charge in [-0.1, -0.05) is 31.2 Å². The summed E-state index contributed by atoms with van der Waals surface area (Å²) in [7, 11) is -4.16. The van der Waals surface area contributed by atoms with Crippen molar-refractivity contribution >= 4 is 39.3 Å². The molecule has 8 nitrogen and oxygen atoms in total. The lowest BCUT2D eigenvalue weighted by Crippen LogP contribution is -2.55. The molecule has 2 amide bonds. The average molecular weight is 626 g/mol. The van der Waals surface area contributed by atoms with E-state index in [0.717, 1.165) is 20.3 Å². The zero-order chi connectivity index (χ0) is 31.8. The van der Waals surface area contributed by atoms with Gasteiger partial charge in [-0.15, -0.1) is 11.8 Å². The van der Waals surface area contributed by atoms with Gasteiger partial charge in [-0.25, -0.2) is 8.42 Å². The number of nitrogens with one attached hydrogen (secondary N) is 1. The Balaban J connectivity index is 2.09. The number of rotatable bonds is 13. The fourth-order valence-electron chi connectivity index (χ4n) is 4.62. The number of thioether (sulfide) groups is 1. The van der Waals surface area contributed by atoms with Gasteiger partial charge in [0.05, 0.1) is 17.2 Å². The number of carbonyl (C=O) groups is 2. The maximum atomic E-state index is 14.3. The van der Waals surface area contributed by atoms with E-state index in [1.54, 1.807) is 48.5 Å². The van der Waals surface area contributed by atoms with Crippen LogP contribution in [0, 0.1) is 6.92 Å². The number of hydrogen-bond acceptors (Lipinski definition) is 6. The summed E-state index contributed by atoms with van der Waals surface area (Å²) in [5, 5.41) is 3.00. The fraction of sp³-hybridized carbons (Fsp3) is 0.394. The third-order valence-electron chi connectivity index (χ3n) is 6.85. The van der Waals surface area contributed by atoms with Crippen LogP contribution in [0.1, 0.15) is 52.2 Å². The van der Waals surface area contributed by atoms with Gasteiger partial charge in [0, 0.05) is 17.0 Å². The highest BCUT2D eigenvalue weighted by atomic mass is 32.2.